The molecule has 0 radical (unpaired) electrons. The van der Waals surface area contributed by atoms with Gasteiger partial charge in [0, 0.05) is 30.4 Å². The molecule has 0 spiro atoms. The first-order valence-electron chi connectivity index (χ1n) is 6.28. The SMILES string of the molecule is CCc1ccc(CNc2ccccc2N(C)C)s1. The highest BCUT2D eigenvalue weighted by Crippen LogP contribution is 2.25. The Morgan fingerprint density at radius 1 is 1.06 bits per heavy atom. The van der Waals surface area contributed by atoms with Gasteiger partial charge in [0.05, 0.1) is 11.4 Å². The highest BCUT2D eigenvalue weighted by molar-refractivity contribution is 7.12. The lowest BCUT2D eigenvalue weighted by atomic mass is 10.2. The number of para-hydroxylation sites is 2. The van der Waals surface area contributed by atoms with Crippen LogP contribution in [0.5, 0.6) is 0 Å². The highest BCUT2D eigenvalue weighted by atomic mass is 32.1. The summed E-state index contributed by atoms with van der Waals surface area (Å²) >= 11 is 1.89. The monoisotopic (exact) mass is 260 g/mol. The van der Waals surface area contributed by atoms with Crippen molar-refractivity contribution in [2.24, 2.45) is 0 Å². The van der Waals surface area contributed by atoms with Crippen LogP contribution < -0.4 is 10.2 Å². The molecule has 1 aromatic heterocycles. The third kappa shape index (κ3) is 3.05. The zero-order chi connectivity index (χ0) is 13.0. The van der Waals surface area contributed by atoms with Crippen LogP contribution in [0, 0.1) is 0 Å². The number of hydrogen-bond acceptors (Lipinski definition) is 3. The molecule has 1 heterocycles. The molecule has 0 atom stereocenters. The van der Waals surface area contributed by atoms with Crippen molar-refractivity contribution in [2.45, 2.75) is 19.9 Å². The van der Waals surface area contributed by atoms with Crippen molar-refractivity contribution in [1.82, 2.24) is 0 Å². The fraction of sp³-hybridized carbons (Fsp3) is 0.333. The van der Waals surface area contributed by atoms with Crippen LogP contribution in [0.2, 0.25) is 0 Å². The van der Waals surface area contributed by atoms with Gasteiger partial charge in [-0.15, -0.1) is 11.3 Å². The van der Waals surface area contributed by atoms with E-state index in [0.29, 0.717) is 0 Å². The van der Waals surface area contributed by atoms with E-state index in [0.717, 1.165) is 13.0 Å². The second-order valence-electron chi connectivity index (χ2n) is 4.49. The quantitative estimate of drug-likeness (QED) is 0.874. The maximum atomic E-state index is 3.52. The Bertz CT molecular complexity index is 503. The maximum Gasteiger partial charge on any atom is 0.0596 e. The summed E-state index contributed by atoms with van der Waals surface area (Å²) < 4.78 is 0. The Hall–Kier alpha value is -1.48. The summed E-state index contributed by atoms with van der Waals surface area (Å²) in [7, 11) is 4.14. The van der Waals surface area contributed by atoms with Crippen LogP contribution in [0.1, 0.15) is 16.7 Å². The van der Waals surface area contributed by atoms with Crippen molar-refractivity contribution in [3.8, 4) is 0 Å². The molecule has 3 heteroatoms. The topological polar surface area (TPSA) is 15.3 Å². The van der Waals surface area contributed by atoms with Crippen LogP contribution in [0.3, 0.4) is 0 Å². The normalized spacial score (nSPS) is 10.4. The van der Waals surface area contributed by atoms with Crippen molar-refractivity contribution in [1.29, 1.82) is 0 Å². The molecule has 0 saturated heterocycles. The standard InChI is InChI=1S/C15H20N2S/c1-4-12-9-10-13(18-12)11-16-14-7-5-6-8-15(14)17(2)3/h5-10,16H,4,11H2,1-3H3. The first-order valence-corrected chi connectivity index (χ1v) is 7.10. The summed E-state index contributed by atoms with van der Waals surface area (Å²) in [6.07, 6.45) is 1.12. The van der Waals surface area contributed by atoms with Gasteiger partial charge in [-0.25, -0.2) is 0 Å². The molecule has 0 saturated carbocycles. The predicted molar refractivity (Wildman–Crippen MR) is 81.8 cm³/mol. The Morgan fingerprint density at radius 3 is 2.44 bits per heavy atom. The van der Waals surface area contributed by atoms with Crippen molar-refractivity contribution in [3.63, 3.8) is 0 Å². The van der Waals surface area contributed by atoms with Crippen LogP contribution in [0.25, 0.3) is 0 Å². The van der Waals surface area contributed by atoms with Crippen molar-refractivity contribution < 1.29 is 0 Å². The first kappa shape index (κ1) is 13.0. The van der Waals surface area contributed by atoms with E-state index < -0.39 is 0 Å². The van der Waals surface area contributed by atoms with Crippen LogP contribution in [0.15, 0.2) is 36.4 Å². The molecule has 96 valence electrons. The smallest absolute Gasteiger partial charge is 0.0596 e. The van der Waals surface area contributed by atoms with Gasteiger partial charge in [0.1, 0.15) is 0 Å². The van der Waals surface area contributed by atoms with E-state index in [-0.39, 0.29) is 0 Å². The summed E-state index contributed by atoms with van der Waals surface area (Å²) in [6, 6.07) is 12.8. The summed E-state index contributed by atoms with van der Waals surface area (Å²) in [6.45, 7) is 3.10. The van der Waals surface area contributed by atoms with Gasteiger partial charge in [-0.1, -0.05) is 19.1 Å². The minimum atomic E-state index is 0.898. The zero-order valence-electron chi connectivity index (χ0n) is 11.2. The molecule has 0 aliphatic rings. The Kier molecular flexibility index (Phi) is 4.26. The van der Waals surface area contributed by atoms with Gasteiger partial charge in [-0.2, -0.15) is 0 Å². The molecule has 0 aliphatic carbocycles. The van der Waals surface area contributed by atoms with Crippen LogP contribution >= 0.6 is 11.3 Å². The van der Waals surface area contributed by atoms with Gasteiger partial charge in [0.25, 0.3) is 0 Å². The van der Waals surface area contributed by atoms with Crippen molar-refractivity contribution in [2.75, 3.05) is 24.3 Å². The Morgan fingerprint density at radius 2 is 1.78 bits per heavy atom. The average molecular weight is 260 g/mol. The van der Waals surface area contributed by atoms with E-state index in [1.807, 2.05) is 11.3 Å². The summed E-state index contributed by atoms with van der Waals surface area (Å²) in [5.74, 6) is 0. The summed E-state index contributed by atoms with van der Waals surface area (Å²) in [4.78, 5) is 4.97. The van der Waals surface area contributed by atoms with E-state index in [9.17, 15) is 0 Å². The second-order valence-corrected chi connectivity index (χ2v) is 5.74. The fourth-order valence-corrected chi connectivity index (χ4v) is 2.80. The molecule has 1 N–H and O–H groups in total. The molecule has 2 nitrogen and oxygen atoms in total. The van der Waals surface area contributed by atoms with Crippen LogP contribution in [-0.4, -0.2) is 14.1 Å². The zero-order valence-corrected chi connectivity index (χ0v) is 12.1. The number of nitrogens with zero attached hydrogens (tertiary/aromatic N) is 1. The Labute approximate surface area is 113 Å². The van der Waals surface area contributed by atoms with Gasteiger partial charge in [-0.3, -0.25) is 0 Å². The van der Waals surface area contributed by atoms with E-state index >= 15 is 0 Å². The third-order valence-electron chi connectivity index (χ3n) is 2.90. The van der Waals surface area contributed by atoms with Crippen molar-refractivity contribution >= 4 is 22.7 Å². The molecule has 0 amide bonds. The summed E-state index contributed by atoms with van der Waals surface area (Å²) in [5.41, 5.74) is 2.42. The molecule has 2 aromatic rings. The molecule has 18 heavy (non-hydrogen) atoms. The van der Waals surface area contributed by atoms with Crippen LogP contribution in [-0.2, 0) is 13.0 Å². The van der Waals surface area contributed by atoms with Crippen LogP contribution in [0.4, 0.5) is 11.4 Å². The number of hydrogen-bond donors (Lipinski definition) is 1. The largest absolute Gasteiger partial charge is 0.378 e. The molecular formula is C15H20N2S. The minimum Gasteiger partial charge on any atom is -0.378 e. The average Bonchev–Trinajstić information content (AvgIpc) is 2.84. The highest BCUT2D eigenvalue weighted by Gasteiger charge is 2.04. The Balaban J connectivity index is 2.05. The fourth-order valence-electron chi connectivity index (χ4n) is 1.90. The number of anilines is 2. The number of thiophene rings is 1. The second kappa shape index (κ2) is 5.91. The number of benzene rings is 1. The van der Waals surface area contributed by atoms with Gasteiger partial charge < -0.3 is 10.2 Å². The molecule has 0 fully saturated rings. The number of nitrogens with one attached hydrogen (secondary N) is 1. The van der Waals surface area contributed by atoms with E-state index in [1.54, 1.807) is 0 Å². The first-order chi connectivity index (χ1) is 8.70. The molecule has 0 bridgehead atoms. The van der Waals surface area contributed by atoms with E-state index in [1.165, 1.54) is 21.1 Å². The predicted octanol–water partition coefficient (Wildman–Crippen LogP) is 3.99. The van der Waals surface area contributed by atoms with Gasteiger partial charge in [0.2, 0.25) is 0 Å². The lowest BCUT2D eigenvalue weighted by molar-refractivity contribution is 1.11. The molecule has 2 rings (SSSR count). The lowest BCUT2D eigenvalue weighted by Gasteiger charge is -2.18. The van der Waals surface area contributed by atoms with Gasteiger partial charge >= 0.3 is 0 Å². The molecule has 0 unspecified atom stereocenters. The minimum absolute atomic E-state index is 0.898. The maximum absolute atomic E-state index is 3.52. The van der Waals surface area contributed by atoms with Gasteiger partial charge in [0.15, 0.2) is 0 Å². The van der Waals surface area contributed by atoms with Gasteiger partial charge in [-0.05, 0) is 30.7 Å². The number of rotatable bonds is 5. The molecular weight excluding hydrogens is 240 g/mol. The molecule has 0 aliphatic heterocycles. The lowest BCUT2D eigenvalue weighted by Crippen LogP contribution is -2.11. The number of aryl methyl sites for hydroxylation is 1. The van der Waals surface area contributed by atoms with Crippen molar-refractivity contribution in [3.05, 3.63) is 46.2 Å². The van der Waals surface area contributed by atoms with E-state index in [4.69, 9.17) is 0 Å². The third-order valence-corrected chi connectivity index (χ3v) is 4.13. The molecule has 1 aromatic carbocycles. The summed E-state index contributed by atoms with van der Waals surface area (Å²) in [5, 5.41) is 3.52. The van der Waals surface area contributed by atoms with E-state index in [2.05, 4.69) is 67.6 Å².